The van der Waals surface area contributed by atoms with Gasteiger partial charge in [0.15, 0.2) is 12.1 Å². The molecule has 0 radical (unpaired) electrons. The summed E-state index contributed by atoms with van der Waals surface area (Å²) in [4.78, 5) is 32.3. The highest BCUT2D eigenvalue weighted by atomic mass is 35.5. The highest BCUT2D eigenvalue weighted by Gasteiger charge is 2.55. The Morgan fingerprint density at radius 3 is 1.80 bits per heavy atom. The van der Waals surface area contributed by atoms with Crippen molar-refractivity contribution in [2.75, 3.05) is 43.4 Å². The number of hydrogen-bond acceptors (Lipinski definition) is 9. The van der Waals surface area contributed by atoms with Gasteiger partial charge in [0.05, 0.1) is 17.4 Å². The summed E-state index contributed by atoms with van der Waals surface area (Å²) in [5.74, 6) is -0.885. The molecule has 272 valence electrons. The SMILES string of the molecule is O=C(Nc1ccc(CC2(F)CNC2)cc1)C1(C2CC2)NNC=C1Cl.O=C(Nc1ccc(CC2(F)CNC2)cc1)c1cnc(OCC(F)(F)F)cn1. The molecule has 2 saturated heterocycles. The van der Waals surface area contributed by atoms with E-state index in [2.05, 4.69) is 46.8 Å². The van der Waals surface area contributed by atoms with Gasteiger partial charge in [0.2, 0.25) is 5.88 Å². The molecule has 2 amide bonds. The average molecular weight is 735 g/mol. The van der Waals surface area contributed by atoms with Crippen LogP contribution in [0.15, 0.2) is 72.2 Å². The van der Waals surface area contributed by atoms with E-state index in [0.29, 0.717) is 55.4 Å². The molecular weight excluding hydrogens is 699 g/mol. The Morgan fingerprint density at radius 1 is 0.843 bits per heavy atom. The Labute approximate surface area is 295 Å². The van der Waals surface area contributed by atoms with Crippen LogP contribution in [-0.4, -0.2) is 77.6 Å². The molecule has 3 aromatic rings. The number of alkyl halides is 5. The maximum atomic E-state index is 14.1. The van der Waals surface area contributed by atoms with Crippen molar-refractivity contribution in [2.45, 2.75) is 48.7 Å². The van der Waals surface area contributed by atoms with Gasteiger partial charge < -0.3 is 31.4 Å². The number of carbonyl (C=O) groups excluding carboxylic acids is 2. The number of carbonyl (C=O) groups is 2. The number of nitrogens with zero attached hydrogens (tertiary/aromatic N) is 2. The van der Waals surface area contributed by atoms with E-state index in [1.807, 2.05) is 24.3 Å². The molecule has 3 aliphatic heterocycles. The number of rotatable bonds is 11. The standard InChI is InChI=1S/C17H20ClFN4O.C17H16F4N4O2/c18-14-8-21-23-17(14,12-3-4-12)15(24)22-13-5-1-11(2-6-13)7-16(19)9-20-10-16;18-16(8-22-9-16)5-11-1-3-12(4-2-11)25-15(26)13-6-24-14(7-23-13)27-10-17(19,20)21/h1-2,5-6,8,12,20-21,23H,3-4,7,9-10H2,(H,22,24);1-4,6-7,22H,5,8-10H2,(H,25,26). The lowest BCUT2D eigenvalue weighted by molar-refractivity contribution is -0.154. The monoisotopic (exact) mass is 734 g/mol. The summed E-state index contributed by atoms with van der Waals surface area (Å²) in [6.07, 6.45) is 1.72. The fourth-order valence-electron chi connectivity index (χ4n) is 5.83. The number of halogens is 6. The molecule has 17 heteroatoms. The molecule has 4 aliphatic rings. The predicted molar refractivity (Wildman–Crippen MR) is 180 cm³/mol. The number of benzene rings is 2. The first-order chi connectivity index (χ1) is 24.2. The van der Waals surface area contributed by atoms with Crippen LogP contribution >= 0.6 is 11.6 Å². The molecular formula is C34H36ClF5N8O3. The normalized spacial score (nSPS) is 21.4. The van der Waals surface area contributed by atoms with Crippen molar-refractivity contribution in [2.24, 2.45) is 5.92 Å². The molecule has 1 aliphatic carbocycles. The van der Waals surface area contributed by atoms with Crippen molar-refractivity contribution in [3.63, 3.8) is 0 Å². The van der Waals surface area contributed by atoms with Crippen molar-refractivity contribution >= 4 is 34.8 Å². The quantitative estimate of drug-likeness (QED) is 0.159. The lowest BCUT2D eigenvalue weighted by atomic mass is 9.91. The molecule has 7 rings (SSSR count). The topological polar surface area (TPSA) is 141 Å². The van der Waals surface area contributed by atoms with E-state index < -0.39 is 35.6 Å². The van der Waals surface area contributed by atoms with Gasteiger partial charge in [0.1, 0.15) is 17.0 Å². The van der Waals surface area contributed by atoms with Crippen LogP contribution in [0, 0.1) is 5.92 Å². The molecule has 2 aromatic carbocycles. The van der Waals surface area contributed by atoms with E-state index in [4.69, 9.17) is 11.6 Å². The van der Waals surface area contributed by atoms with Gasteiger partial charge >= 0.3 is 6.18 Å². The summed E-state index contributed by atoms with van der Waals surface area (Å²) in [5.41, 5.74) is 5.42. The van der Waals surface area contributed by atoms with Crippen molar-refractivity contribution in [1.82, 2.24) is 31.5 Å². The minimum Gasteiger partial charge on any atom is -0.467 e. The number of anilines is 2. The highest BCUT2D eigenvalue weighted by Crippen LogP contribution is 2.46. The van der Waals surface area contributed by atoms with Gasteiger partial charge in [-0.25, -0.2) is 24.2 Å². The van der Waals surface area contributed by atoms with E-state index in [0.717, 1.165) is 36.4 Å². The van der Waals surface area contributed by atoms with Crippen LogP contribution in [0.2, 0.25) is 0 Å². The Balaban J connectivity index is 0.000000177. The Bertz CT molecular complexity index is 1730. The predicted octanol–water partition coefficient (Wildman–Crippen LogP) is 4.34. The number of amides is 2. The summed E-state index contributed by atoms with van der Waals surface area (Å²) >= 11 is 6.28. The average Bonchev–Trinajstić information content (AvgIpc) is 3.85. The van der Waals surface area contributed by atoms with Gasteiger partial charge in [-0.2, -0.15) is 13.2 Å². The fourth-order valence-corrected chi connectivity index (χ4v) is 6.17. The van der Waals surface area contributed by atoms with E-state index in [9.17, 15) is 31.5 Å². The largest absolute Gasteiger partial charge is 0.467 e. The summed E-state index contributed by atoms with van der Waals surface area (Å²) in [7, 11) is 0. The second-order valence-corrected chi connectivity index (χ2v) is 13.6. The first-order valence-corrected chi connectivity index (χ1v) is 16.6. The third-order valence-electron chi connectivity index (χ3n) is 8.87. The van der Waals surface area contributed by atoms with Crippen molar-refractivity contribution < 1.29 is 36.3 Å². The Morgan fingerprint density at radius 2 is 1.39 bits per heavy atom. The number of ether oxygens (including phenoxy) is 1. The third kappa shape index (κ3) is 9.11. The van der Waals surface area contributed by atoms with E-state index in [1.165, 1.54) is 0 Å². The summed E-state index contributed by atoms with van der Waals surface area (Å²) in [5, 5.41) is 11.8. The molecule has 0 bridgehead atoms. The lowest BCUT2D eigenvalue weighted by Gasteiger charge is -2.35. The van der Waals surface area contributed by atoms with Crippen LogP contribution in [0.4, 0.5) is 33.3 Å². The molecule has 0 spiro atoms. The number of aromatic nitrogens is 2. The van der Waals surface area contributed by atoms with Gasteiger partial charge in [-0.3, -0.25) is 9.59 Å². The van der Waals surface area contributed by atoms with Crippen LogP contribution in [0.5, 0.6) is 5.88 Å². The summed E-state index contributed by atoms with van der Waals surface area (Å²) < 4.78 is 68.8. The molecule has 6 N–H and O–H groups in total. The van der Waals surface area contributed by atoms with Gasteiger partial charge in [-0.1, -0.05) is 35.9 Å². The molecule has 51 heavy (non-hydrogen) atoms. The molecule has 1 unspecified atom stereocenters. The maximum Gasteiger partial charge on any atom is 0.422 e. The first kappa shape index (κ1) is 36.4. The van der Waals surface area contributed by atoms with Gasteiger partial charge in [-0.05, 0) is 54.2 Å². The van der Waals surface area contributed by atoms with E-state index in [1.54, 1.807) is 30.5 Å². The third-order valence-corrected chi connectivity index (χ3v) is 9.28. The first-order valence-electron chi connectivity index (χ1n) is 16.2. The number of hydrogen-bond donors (Lipinski definition) is 6. The van der Waals surface area contributed by atoms with Crippen LogP contribution in [0.3, 0.4) is 0 Å². The van der Waals surface area contributed by atoms with E-state index in [-0.39, 0.29) is 23.4 Å². The zero-order valence-corrected chi connectivity index (χ0v) is 27.9. The molecule has 1 atom stereocenters. The van der Waals surface area contributed by atoms with Crippen LogP contribution < -0.4 is 36.9 Å². The Kier molecular flexibility index (Phi) is 10.5. The second kappa shape index (κ2) is 14.7. The highest BCUT2D eigenvalue weighted by molar-refractivity contribution is 6.34. The number of nitrogens with one attached hydrogen (secondary N) is 6. The van der Waals surface area contributed by atoms with Crippen LogP contribution in [-0.2, 0) is 17.6 Å². The second-order valence-electron chi connectivity index (χ2n) is 13.2. The summed E-state index contributed by atoms with van der Waals surface area (Å²) in [6.45, 7) is -0.0345. The van der Waals surface area contributed by atoms with Crippen LogP contribution in [0.25, 0.3) is 0 Å². The van der Waals surface area contributed by atoms with Gasteiger partial charge in [0, 0.05) is 56.6 Å². The minimum atomic E-state index is -4.49. The zero-order chi connectivity index (χ0) is 36.3. The molecule has 11 nitrogen and oxygen atoms in total. The molecule has 1 saturated carbocycles. The minimum absolute atomic E-state index is 0.0818. The maximum absolute atomic E-state index is 14.1. The lowest BCUT2D eigenvalue weighted by Crippen LogP contribution is -2.57. The van der Waals surface area contributed by atoms with Crippen molar-refractivity contribution in [3.05, 3.63) is 89.0 Å². The molecule has 4 heterocycles. The molecule has 1 aromatic heterocycles. The smallest absolute Gasteiger partial charge is 0.422 e. The number of hydrazine groups is 1. The van der Waals surface area contributed by atoms with Crippen LogP contribution in [0.1, 0.15) is 34.5 Å². The van der Waals surface area contributed by atoms with Crippen molar-refractivity contribution in [3.8, 4) is 5.88 Å². The van der Waals surface area contributed by atoms with Gasteiger partial charge in [0.25, 0.3) is 11.8 Å². The van der Waals surface area contributed by atoms with Gasteiger partial charge in [-0.15, -0.1) is 0 Å². The zero-order valence-electron chi connectivity index (χ0n) is 27.2. The van der Waals surface area contributed by atoms with Crippen molar-refractivity contribution in [1.29, 1.82) is 0 Å². The molecule has 3 fully saturated rings. The Hall–Kier alpha value is -4.38. The van der Waals surface area contributed by atoms with E-state index >= 15 is 0 Å². The summed E-state index contributed by atoms with van der Waals surface area (Å²) in [6, 6.07) is 14.0. The fraction of sp³-hybridized carbons (Fsp3) is 0.412.